The molecule has 25 heavy (non-hydrogen) atoms. The summed E-state index contributed by atoms with van der Waals surface area (Å²) in [5, 5.41) is 7.89. The van der Waals surface area contributed by atoms with Gasteiger partial charge in [-0.1, -0.05) is 12.1 Å². The van der Waals surface area contributed by atoms with Crippen LogP contribution in [-0.2, 0) is 4.79 Å². The standard InChI is InChI=1S/C18H16N4O2S/c1-11-3-4-14(9-19-11)17(24)22-18-21-16(10-25-18)13-5-7-15(8-6-13)20-12(2)23/h3-10H,1-2H3,(H,20,23)(H,21,22,24). The topological polar surface area (TPSA) is 84.0 Å². The number of carbonyl (C=O) groups excluding carboxylic acids is 2. The lowest BCUT2D eigenvalue weighted by molar-refractivity contribution is -0.114. The maximum atomic E-state index is 12.2. The van der Waals surface area contributed by atoms with Crippen molar-refractivity contribution in [3.63, 3.8) is 0 Å². The van der Waals surface area contributed by atoms with Crippen LogP contribution in [0.1, 0.15) is 23.0 Å². The van der Waals surface area contributed by atoms with Gasteiger partial charge in [0.05, 0.1) is 11.3 Å². The van der Waals surface area contributed by atoms with Crippen LogP contribution in [-0.4, -0.2) is 21.8 Å². The highest BCUT2D eigenvalue weighted by Crippen LogP contribution is 2.26. The number of benzene rings is 1. The quantitative estimate of drug-likeness (QED) is 0.749. The molecule has 3 rings (SSSR count). The van der Waals surface area contributed by atoms with Gasteiger partial charge in [0.25, 0.3) is 5.91 Å². The summed E-state index contributed by atoms with van der Waals surface area (Å²) in [6, 6.07) is 10.9. The third kappa shape index (κ3) is 4.27. The number of anilines is 2. The molecule has 0 saturated carbocycles. The molecule has 0 radical (unpaired) electrons. The first-order valence-electron chi connectivity index (χ1n) is 7.59. The first-order valence-corrected chi connectivity index (χ1v) is 8.47. The third-order valence-electron chi connectivity index (χ3n) is 3.40. The van der Waals surface area contributed by atoms with Crippen LogP contribution in [0.15, 0.2) is 48.0 Å². The van der Waals surface area contributed by atoms with Crippen LogP contribution in [0.5, 0.6) is 0 Å². The lowest BCUT2D eigenvalue weighted by Crippen LogP contribution is -2.12. The van der Waals surface area contributed by atoms with E-state index in [1.54, 1.807) is 18.3 Å². The van der Waals surface area contributed by atoms with Gasteiger partial charge in [0.1, 0.15) is 0 Å². The Kier molecular flexibility index (Phi) is 4.85. The number of aryl methyl sites for hydroxylation is 1. The Morgan fingerprint density at radius 2 is 1.80 bits per heavy atom. The highest BCUT2D eigenvalue weighted by molar-refractivity contribution is 7.14. The van der Waals surface area contributed by atoms with Crippen LogP contribution in [0.25, 0.3) is 11.3 Å². The van der Waals surface area contributed by atoms with Gasteiger partial charge in [-0.05, 0) is 31.2 Å². The Morgan fingerprint density at radius 1 is 1.04 bits per heavy atom. The Bertz CT molecular complexity index is 902. The summed E-state index contributed by atoms with van der Waals surface area (Å²) in [5.74, 6) is -0.355. The van der Waals surface area contributed by atoms with E-state index in [-0.39, 0.29) is 11.8 Å². The second kappa shape index (κ2) is 7.23. The van der Waals surface area contributed by atoms with Gasteiger partial charge in [-0.25, -0.2) is 4.98 Å². The summed E-state index contributed by atoms with van der Waals surface area (Å²) >= 11 is 1.35. The average Bonchev–Trinajstić information content (AvgIpc) is 3.04. The molecule has 2 N–H and O–H groups in total. The van der Waals surface area contributed by atoms with E-state index in [1.807, 2.05) is 36.6 Å². The van der Waals surface area contributed by atoms with Crippen LogP contribution in [0.2, 0.25) is 0 Å². The number of nitrogens with zero attached hydrogens (tertiary/aromatic N) is 2. The van der Waals surface area contributed by atoms with Crippen LogP contribution in [0, 0.1) is 6.92 Å². The van der Waals surface area contributed by atoms with E-state index >= 15 is 0 Å². The molecule has 2 aromatic heterocycles. The second-order valence-electron chi connectivity index (χ2n) is 5.44. The van der Waals surface area contributed by atoms with Gasteiger partial charge >= 0.3 is 0 Å². The number of nitrogens with one attached hydrogen (secondary N) is 2. The zero-order valence-electron chi connectivity index (χ0n) is 13.7. The fourth-order valence-corrected chi connectivity index (χ4v) is 2.88. The summed E-state index contributed by atoms with van der Waals surface area (Å²) in [6.45, 7) is 3.33. The van der Waals surface area contributed by atoms with E-state index in [4.69, 9.17) is 0 Å². The fraction of sp³-hybridized carbons (Fsp3) is 0.111. The van der Waals surface area contributed by atoms with Crippen LogP contribution < -0.4 is 10.6 Å². The van der Waals surface area contributed by atoms with Crippen molar-refractivity contribution in [1.29, 1.82) is 0 Å². The fourth-order valence-electron chi connectivity index (χ4n) is 2.16. The minimum Gasteiger partial charge on any atom is -0.326 e. The van der Waals surface area contributed by atoms with Crippen molar-refractivity contribution in [3.8, 4) is 11.3 Å². The van der Waals surface area contributed by atoms with Gasteiger partial charge in [0.2, 0.25) is 5.91 Å². The SMILES string of the molecule is CC(=O)Nc1ccc(-c2csc(NC(=O)c3ccc(C)nc3)n2)cc1. The Balaban J connectivity index is 1.70. The zero-order chi connectivity index (χ0) is 17.8. The molecule has 0 atom stereocenters. The molecule has 0 saturated heterocycles. The van der Waals surface area contributed by atoms with Crippen LogP contribution in [0.3, 0.4) is 0 Å². The van der Waals surface area contributed by atoms with E-state index in [1.165, 1.54) is 18.3 Å². The minimum atomic E-state index is -0.241. The molecule has 1 aromatic carbocycles. The minimum absolute atomic E-state index is 0.114. The van der Waals surface area contributed by atoms with Crippen molar-refractivity contribution in [1.82, 2.24) is 9.97 Å². The molecule has 0 spiro atoms. The molecular weight excluding hydrogens is 336 g/mol. The lowest BCUT2D eigenvalue weighted by Gasteiger charge is -2.03. The first kappa shape index (κ1) is 16.8. The van der Waals surface area contributed by atoms with Crippen LogP contribution in [0.4, 0.5) is 10.8 Å². The summed E-state index contributed by atoms with van der Waals surface area (Å²) in [5.41, 5.74) is 3.74. The van der Waals surface area contributed by atoms with Crippen molar-refractivity contribution >= 4 is 34.0 Å². The van der Waals surface area contributed by atoms with E-state index in [0.29, 0.717) is 10.7 Å². The van der Waals surface area contributed by atoms with Crippen molar-refractivity contribution in [2.45, 2.75) is 13.8 Å². The Morgan fingerprint density at radius 3 is 2.44 bits per heavy atom. The summed E-state index contributed by atoms with van der Waals surface area (Å²) in [6.07, 6.45) is 1.54. The Labute approximate surface area is 149 Å². The number of amides is 2. The van der Waals surface area contributed by atoms with Crippen LogP contribution >= 0.6 is 11.3 Å². The van der Waals surface area contributed by atoms with Crippen molar-refractivity contribution in [2.75, 3.05) is 10.6 Å². The normalized spacial score (nSPS) is 10.3. The molecule has 0 unspecified atom stereocenters. The number of hydrogen-bond donors (Lipinski definition) is 2. The summed E-state index contributed by atoms with van der Waals surface area (Å²) in [4.78, 5) is 31.8. The first-order chi connectivity index (χ1) is 12.0. The maximum Gasteiger partial charge on any atom is 0.259 e. The van der Waals surface area contributed by atoms with E-state index in [2.05, 4.69) is 20.6 Å². The molecule has 0 aliphatic carbocycles. The molecule has 3 aromatic rings. The number of rotatable bonds is 4. The van der Waals surface area contributed by atoms with E-state index < -0.39 is 0 Å². The lowest BCUT2D eigenvalue weighted by atomic mass is 10.1. The van der Waals surface area contributed by atoms with Gasteiger partial charge in [0.15, 0.2) is 5.13 Å². The third-order valence-corrected chi connectivity index (χ3v) is 4.16. The van der Waals surface area contributed by atoms with Crippen molar-refractivity contribution in [2.24, 2.45) is 0 Å². The largest absolute Gasteiger partial charge is 0.326 e. The second-order valence-corrected chi connectivity index (χ2v) is 6.30. The van der Waals surface area contributed by atoms with Gasteiger partial charge in [-0.3, -0.25) is 19.9 Å². The van der Waals surface area contributed by atoms with Crippen molar-refractivity contribution < 1.29 is 9.59 Å². The summed E-state index contributed by atoms with van der Waals surface area (Å²) in [7, 11) is 0. The molecule has 0 aliphatic heterocycles. The average molecular weight is 352 g/mol. The molecule has 2 amide bonds. The summed E-state index contributed by atoms with van der Waals surface area (Å²) < 4.78 is 0. The molecule has 2 heterocycles. The number of carbonyl (C=O) groups is 2. The van der Waals surface area contributed by atoms with Crippen molar-refractivity contribution in [3.05, 3.63) is 59.2 Å². The zero-order valence-corrected chi connectivity index (χ0v) is 14.6. The predicted octanol–water partition coefficient (Wildman–Crippen LogP) is 3.72. The molecular formula is C18H16N4O2S. The monoisotopic (exact) mass is 352 g/mol. The Hall–Kier alpha value is -3.06. The highest BCUT2D eigenvalue weighted by Gasteiger charge is 2.10. The molecule has 0 fully saturated rings. The smallest absolute Gasteiger partial charge is 0.259 e. The number of pyridine rings is 1. The number of aromatic nitrogens is 2. The van der Waals surface area contributed by atoms with Gasteiger partial charge in [-0.15, -0.1) is 11.3 Å². The molecule has 126 valence electrons. The van der Waals surface area contributed by atoms with E-state index in [0.717, 1.165) is 22.6 Å². The van der Waals surface area contributed by atoms with Gasteiger partial charge in [-0.2, -0.15) is 0 Å². The molecule has 6 nitrogen and oxygen atoms in total. The van der Waals surface area contributed by atoms with E-state index in [9.17, 15) is 9.59 Å². The molecule has 0 aliphatic rings. The van der Waals surface area contributed by atoms with Gasteiger partial charge < -0.3 is 5.32 Å². The maximum absolute atomic E-state index is 12.2. The van der Waals surface area contributed by atoms with Gasteiger partial charge in [0, 0.05) is 35.4 Å². The highest BCUT2D eigenvalue weighted by atomic mass is 32.1. The predicted molar refractivity (Wildman–Crippen MR) is 98.8 cm³/mol. The molecule has 0 bridgehead atoms. The number of hydrogen-bond acceptors (Lipinski definition) is 5. The number of thiazole rings is 1. The molecule has 7 heteroatoms.